The number of aliphatic hydroxyl groups is 1. The molecule has 2 unspecified atom stereocenters. The minimum atomic E-state index is -3.09. The van der Waals surface area contributed by atoms with Crippen LogP contribution in [-0.2, 0) is 26.7 Å². The fraction of sp³-hybridized carbons (Fsp3) is 0.441. The van der Waals surface area contributed by atoms with Crippen molar-refractivity contribution in [3.8, 4) is 11.5 Å². The van der Waals surface area contributed by atoms with Crippen LogP contribution in [0.3, 0.4) is 0 Å². The van der Waals surface area contributed by atoms with Crippen molar-refractivity contribution in [3.63, 3.8) is 0 Å². The van der Waals surface area contributed by atoms with Crippen molar-refractivity contribution < 1.29 is 27.8 Å². The van der Waals surface area contributed by atoms with Gasteiger partial charge in [-0.3, -0.25) is 4.79 Å². The Kier molecular flexibility index (Phi) is 7.76. The van der Waals surface area contributed by atoms with E-state index in [1.807, 2.05) is 74.5 Å². The van der Waals surface area contributed by atoms with E-state index in [1.54, 1.807) is 18.9 Å². The van der Waals surface area contributed by atoms with Crippen LogP contribution in [0.5, 0.6) is 11.5 Å². The maximum Gasteiger partial charge on any atom is 0.232 e. The Morgan fingerprint density at radius 1 is 0.977 bits per heavy atom. The minimum absolute atomic E-state index is 0.0675. The van der Waals surface area contributed by atoms with Gasteiger partial charge in [-0.25, -0.2) is 8.42 Å². The fourth-order valence-corrected chi connectivity index (χ4v) is 9.79. The highest BCUT2D eigenvalue weighted by Gasteiger charge is 2.51. The maximum absolute atomic E-state index is 13.9. The number of fused-ring (bicyclic) bond motifs is 3. The van der Waals surface area contributed by atoms with Crippen LogP contribution in [0.1, 0.15) is 74.8 Å². The van der Waals surface area contributed by atoms with Gasteiger partial charge in [0.15, 0.2) is 21.3 Å². The lowest BCUT2D eigenvalue weighted by molar-refractivity contribution is -0.118. The molecule has 43 heavy (non-hydrogen) atoms. The number of benzene rings is 3. The number of carbonyl (C=O) groups is 1. The summed E-state index contributed by atoms with van der Waals surface area (Å²) in [5.41, 5.74) is 2.93. The highest BCUT2D eigenvalue weighted by Crippen LogP contribution is 2.48. The van der Waals surface area contributed by atoms with Gasteiger partial charge in [-0.15, -0.1) is 0 Å². The third-order valence-electron chi connectivity index (χ3n) is 9.50. The van der Waals surface area contributed by atoms with E-state index in [0.717, 1.165) is 16.7 Å². The van der Waals surface area contributed by atoms with Gasteiger partial charge in [-0.1, -0.05) is 35.9 Å². The second-order valence-corrected chi connectivity index (χ2v) is 15.5. The first-order valence-electron chi connectivity index (χ1n) is 14.9. The molecule has 0 aromatic heterocycles. The Labute approximate surface area is 258 Å². The van der Waals surface area contributed by atoms with Crippen LogP contribution in [-0.4, -0.2) is 43.1 Å². The summed E-state index contributed by atoms with van der Waals surface area (Å²) < 4.78 is 37.0. The number of nitrogens with zero attached hydrogens (tertiary/aromatic N) is 1. The van der Waals surface area contributed by atoms with E-state index < -0.39 is 21.5 Å². The first kappa shape index (κ1) is 30.0. The molecule has 2 bridgehead atoms. The summed E-state index contributed by atoms with van der Waals surface area (Å²) >= 11 is 6.24. The summed E-state index contributed by atoms with van der Waals surface area (Å²) in [5, 5.41) is 11.6. The van der Waals surface area contributed by atoms with E-state index in [1.165, 1.54) is 0 Å². The molecule has 4 atom stereocenters. The zero-order chi connectivity index (χ0) is 30.7. The Balaban J connectivity index is 1.38. The lowest BCUT2D eigenvalue weighted by Crippen LogP contribution is -2.42. The number of methoxy groups -OCH3 is 1. The number of ether oxygens (including phenoxy) is 2. The second kappa shape index (κ2) is 11.1. The Morgan fingerprint density at radius 2 is 1.60 bits per heavy atom. The standard InChI is InChI=1S/C34H38ClNO6S/c1-20(2)42-31-19-29-22(15-30(31)41-4)16-32(37)36(33(29)21-5-9-25(35)10-6-21)26-11-7-23(8-12-26)34(3,38)24-17-27-13-14-28(18-24)43(27,39)40/h5-12,15,19-20,24,27-28,33,38H,13-14,16-18H2,1-4H3/t24?,27?,28?,33-,34-/m0/s1. The van der Waals surface area contributed by atoms with Crippen molar-refractivity contribution in [2.24, 2.45) is 5.92 Å². The van der Waals surface area contributed by atoms with Gasteiger partial charge < -0.3 is 19.5 Å². The second-order valence-electron chi connectivity index (χ2n) is 12.5. The van der Waals surface area contributed by atoms with Gasteiger partial charge in [0, 0.05) is 10.7 Å². The molecule has 2 fully saturated rings. The molecule has 7 nitrogen and oxygen atoms in total. The van der Waals surface area contributed by atoms with Crippen LogP contribution in [0.15, 0.2) is 60.7 Å². The highest BCUT2D eigenvalue weighted by atomic mass is 35.5. The van der Waals surface area contributed by atoms with Crippen molar-refractivity contribution >= 4 is 33.0 Å². The number of hydrogen-bond acceptors (Lipinski definition) is 6. The summed E-state index contributed by atoms with van der Waals surface area (Å²) in [6, 6.07) is 18.4. The van der Waals surface area contributed by atoms with Gasteiger partial charge >= 0.3 is 0 Å². The molecule has 3 aliphatic heterocycles. The number of sulfone groups is 1. The summed E-state index contributed by atoms with van der Waals surface area (Å²) in [6.45, 7) is 5.70. The zero-order valence-corrected chi connectivity index (χ0v) is 26.5. The largest absolute Gasteiger partial charge is 0.493 e. The summed E-state index contributed by atoms with van der Waals surface area (Å²) in [6.07, 6.45) is 2.42. The molecule has 0 spiro atoms. The normalized spacial score (nSPS) is 25.7. The van der Waals surface area contributed by atoms with Crippen molar-refractivity contribution in [1.29, 1.82) is 0 Å². The third-order valence-corrected chi connectivity index (χ3v) is 12.5. The highest BCUT2D eigenvalue weighted by molar-refractivity contribution is 7.93. The van der Waals surface area contributed by atoms with Crippen molar-refractivity contribution in [3.05, 3.63) is 87.9 Å². The molecule has 9 heteroatoms. The molecule has 0 saturated carbocycles. The van der Waals surface area contributed by atoms with E-state index in [9.17, 15) is 18.3 Å². The lowest BCUT2D eigenvalue weighted by atomic mass is 9.78. The van der Waals surface area contributed by atoms with E-state index in [-0.39, 0.29) is 34.8 Å². The molecule has 3 aromatic rings. The van der Waals surface area contributed by atoms with Crippen LogP contribution in [0.25, 0.3) is 0 Å². The third kappa shape index (κ3) is 5.32. The number of amides is 1. The fourth-order valence-electron chi connectivity index (χ4n) is 7.19. The lowest BCUT2D eigenvalue weighted by Gasteiger charge is -2.40. The monoisotopic (exact) mass is 623 g/mol. The number of carbonyl (C=O) groups excluding carboxylic acids is 1. The molecule has 3 aliphatic rings. The molecule has 2 saturated heterocycles. The van der Waals surface area contributed by atoms with Gasteiger partial charge in [0.1, 0.15) is 0 Å². The van der Waals surface area contributed by atoms with Gasteiger partial charge in [0.25, 0.3) is 0 Å². The van der Waals surface area contributed by atoms with Gasteiger partial charge in [-0.2, -0.15) is 0 Å². The molecule has 6 rings (SSSR count). The quantitative estimate of drug-likeness (QED) is 0.328. The predicted octanol–water partition coefficient (Wildman–Crippen LogP) is 6.38. The first-order chi connectivity index (χ1) is 20.4. The molecule has 1 amide bonds. The number of halogens is 1. The molecule has 228 valence electrons. The Hall–Kier alpha value is -3.07. The van der Waals surface area contributed by atoms with E-state index >= 15 is 0 Å². The van der Waals surface area contributed by atoms with E-state index in [0.29, 0.717) is 53.5 Å². The average Bonchev–Trinajstić information content (AvgIpc) is 3.12. The van der Waals surface area contributed by atoms with Crippen molar-refractivity contribution in [2.75, 3.05) is 12.0 Å². The minimum Gasteiger partial charge on any atom is -0.493 e. The van der Waals surface area contributed by atoms with Crippen molar-refractivity contribution in [1.82, 2.24) is 0 Å². The van der Waals surface area contributed by atoms with Gasteiger partial charge in [-0.05, 0) is 111 Å². The molecular weight excluding hydrogens is 586 g/mol. The summed E-state index contributed by atoms with van der Waals surface area (Å²) in [4.78, 5) is 15.7. The molecular formula is C34H38ClNO6S. The Bertz CT molecular complexity index is 1610. The van der Waals surface area contributed by atoms with Gasteiger partial charge in [0.05, 0.1) is 41.8 Å². The smallest absolute Gasteiger partial charge is 0.232 e. The van der Waals surface area contributed by atoms with Crippen LogP contribution in [0.2, 0.25) is 5.02 Å². The van der Waals surface area contributed by atoms with Crippen LogP contribution >= 0.6 is 11.6 Å². The van der Waals surface area contributed by atoms with Crippen LogP contribution in [0, 0.1) is 5.92 Å². The topological polar surface area (TPSA) is 93.1 Å². The SMILES string of the molecule is COc1cc2c(cc1OC(C)C)[C@H](c1ccc(Cl)cc1)N(c1ccc([C@](C)(O)C3CC4CCC(C3)S4(=O)=O)cc1)C(=O)C2. The number of rotatable bonds is 7. The Morgan fingerprint density at radius 3 is 2.19 bits per heavy atom. The zero-order valence-electron chi connectivity index (χ0n) is 24.9. The number of anilines is 1. The van der Waals surface area contributed by atoms with Crippen molar-refractivity contribution in [2.45, 2.75) is 81.1 Å². The van der Waals surface area contributed by atoms with Gasteiger partial charge in [0.2, 0.25) is 5.91 Å². The molecule has 0 aliphatic carbocycles. The van der Waals surface area contributed by atoms with E-state index in [2.05, 4.69) is 0 Å². The molecule has 3 heterocycles. The summed E-state index contributed by atoms with van der Waals surface area (Å²) in [7, 11) is -1.49. The predicted molar refractivity (Wildman–Crippen MR) is 168 cm³/mol. The summed E-state index contributed by atoms with van der Waals surface area (Å²) in [5.74, 6) is 0.970. The average molecular weight is 624 g/mol. The van der Waals surface area contributed by atoms with Crippen LogP contribution in [0.4, 0.5) is 5.69 Å². The molecule has 3 aromatic carbocycles. The number of hydrogen-bond donors (Lipinski definition) is 1. The maximum atomic E-state index is 13.9. The molecule has 1 N–H and O–H groups in total. The van der Waals surface area contributed by atoms with Crippen LogP contribution < -0.4 is 14.4 Å². The van der Waals surface area contributed by atoms with E-state index in [4.69, 9.17) is 21.1 Å². The molecule has 0 radical (unpaired) electrons. The first-order valence-corrected chi connectivity index (χ1v) is 16.9.